The highest BCUT2D eigenvalue weighted by molar-refractivity contribution is 6.01. The van der Waals surface area contributed by atoms with Crippen molar-refractivity contribution >= 4 is 22.5 Å². The number of carbonyl (C=O) groups is 1. The van der Waals surface area contributed by atoms with Crippen molar-refractivity contribution in [3.8, 4) is 28.7 Å². The Morgan fingerprint density at radius 1 is 0.979 bits per heavy atom. The van der Waals surface area contributed by atoms with E-state index in [4.69, 9.17) is 14.2 Å². The molecule has 1 aliphatic heterocycles. The first-order valence-corrected chi connectivity index (χ1v) is 15.7. The molecule has 5 aromatic rings. The highest BCUT2D eigenvalue weighted by atomic mass is 19.1. The van der Waals surface area contributed by atoms with Crippen molar-refractivity contribution in [2.45, 2.75) is 26.2 Å². The van der Waals surface area contributed by atoms with Crippen LogP contribution in [0.4, 0.5) is 14.5 Å². The molecule has 250 valence electrons. The van der Waals surface area contributed by atoms with Gasteiger partial charge in [0.05, 0.1) is 19.2 Å². The minimum Gasteiger partial charge on any atom is -0.493 e. The fourth-order valence-electron chi connectivity index (χ4n) is 5.63. The van der Waals surface area contributed by atoms with Crippen molar-refractivity contribution in [3.63, 3.8) is 0 Å². The number of fused-ring (bicyclic) bond motifs is 1. The summed E-state index contributed by atoms with van der Waals surface area (Å²) in [5.74, 6) is -0.409. The van der Waals surface area contributed by atoms with Gasteiger partial charge in [-0.25, -0.2) is 13.6 Å². The number of para-hydroxylation sites is 1. The molecule has 0 aliphatic carbocycles. The number of nitrogens with one attached hydrogen (secondary N) is 1. The molecule has 0 spiro atoms. The van der Waals surface area contributed by atoms with E-state index in [9.17, 15) is 14.0 Å². The fraction of sp³-hybridized carbons (Fsp3) is 0.314. The number of likely N-dealkylation sites (tertiary alicyclic amines) is 1. The van der Waals surface area contributed by atoms with Crippen LogP contribution in [0, 0.1) is 17.6 Å². The first-order chi connectivity index (χ1) is 23.2. The van der Waals surface area contributed by atoms with Crippen LogP contribution in [0.3, 0.4) is 0 Å². The van der Waals surface area contributed by atoms with Crippen LogP contribution in [-0.4, -0.2) is 63.5 Å². The summed E-state index contributed by atoms with van der Waals surface area (Å²) in [4.78, 5) is 32.6. The normalized spacial score (nSPS) is 13.9. The molecule has 48 heavy (non-hydrogen) atoms. The number of ether oxygens (including phenoxy) is 3. The molecule has 1 aliphatic rings. The number of hydrogen-bond donors (Lipinski definition) is 1. The van der Waals surface area contributed by atoms with Gasteiger partial charge in [-0.2, -0.15) is 4.68 Å². The van der Waals surface area contributed by atoms with Gasteiger partial charge in [-0.15, -0.1) is 5.10 Å². The number of hydrogen-bond acceptors (Lipinski definition) is 8. The van der Waals surface area contributed by atoms with E-state index in [1.165, 1.54) is 50.2 Å². The molecule has 3 aromatic carbocycles. The van der Waals surface area contributed by atoms with Crippen molar-refractivity contribution in [2.24, 2.45) is 13.0 Å². The lowest BCUT2D eigenvalue weighted by Gasteiger charge is -2.30. The molecule has 0 unspecified atom stereocenters. The summed E-state index contributed by atoms with van der Waals surface area (Å²) in [5.41, 5.74) is -0.149. The summed E-state index contributed by atoms with van der Waals surface area (Å²) < 4.78 is 48.9. The van der Waals surface area contributed by atoms with Crippen LogP contribution >= 0.6 is 0 Å². The zero-order valence-electron chi connectivity index (χ0n) is 26.9. The molecule has 1 saturated heterocycles. The van der Waals surface area contributed by atoms with E-state index in [-0.39, 0.29) is 22.9 Å². The summed E-state index contributed by atoms with van der Waals surface area (Å²) in [6, 6.07) is 14.6. The second-order valence-corrected chi connectivity index (χ2v) is 11.8. The molecule has 6 rings (SSSR count). The highest BCUT2D eigenvalue weighted by Gasteiger charge is 2.21. The Bertz CT molecular complexity index is 2000. The van der Waals surface area contributed by atoms with Gasteiger partial charge in [-0.3, -0.25) is 14.3 Å². The number of pyridine rings is 1. The number of halogens is 2. The first-order valence-electron chi connectivity index (χ1n) is 15.7. The number of nitrogens with zero attached hydrogens (tertiary/aromatic N) is 5. The predicted molar refractivity (Wildman–Crippen MR) is 176 cm³/mol. The Labute approximate surface area is 275 Å². The lowest BCUT2D eigenvalue weighted by atomic mass is 9.99. The number of methoxy groups -OCH3 is 1. The number of rotatable bonds is 11. The Kier molecular flexibility index (Phi) is 9.67. The Morgan fingerprint density at radius 2 is 1.77 bits per heavy atom. The van der Waals surface area contributed by atoms with Crippen molar-refractivity contribution in [1.82, 2.24) is 24.2 Å². The van der Waals surface area contributed by atoms with Crippen LogP contribution < -0.4 is 25.2 Å². The maximum Gasteiger partial charge on any atom is 0.350 e. The van der Waals surface area contributed by atoms with Gasteiger partial charge in [0.2, 0.25) is 5.82 Å². The molecule has 1 N–H and O–H groups in total. The summed E-state index contributed by atoms with van der Waals surface area (Å²) >= 11 is 0. The summed E-state index contributed by atoms with van der Waals surface area (Å²) in [6.45, 7) is 6.06. The number of piperidine rings is 1. The quantitative estimate of drug-likeness (QED) is 0.173. The summed E-state index contributed by atoms with van der Waals surface area (Å²) in [7, 11) is 2.88. The van der Waals surface area contributed by atoms with Crippen LogP contribution in [0.25, 0.3) is 16.6 Å². The largest absolute Gasteiger partial charge is 0.493 e. The number of amides is 1. The average Bonchev–Trinajstić information content (AvgIpc) is 3.38. The van der Waals surface area contributed by atoms with Crippen molar-refractivity contribution in [2.75, 3.05) is 38.7 Å². The Balaban J connectivity index is 1.14. The lowest BCUT2D eigenvalue weighted by molar-refractivity contribution is 0.101. The van der Waals surface area contributed by atoms with Crippen LogP contribution in [0.1, 0.15) is 36.8 Å². The van der Waals surface area contributed by atoms with E-state index in [2.05, 4.69) is 27.2 Å². The molecule has 0 atom stereocenters. The third-order valence-electron chi connectivity index (χ3n) is 8.41. The second kappa shape index (κ2) is 14.2. The molecule has 0 saturated carbocycles. The number of benzene rings is 3. The topological polar surface area (TPSA) is 113 Å². The van der Waals surface area contributed by atoms with Crippen LogP contribution in [0.5, 0.6) is 23.0 Å². The summed E-state index contributed by atoms with van der Waals surface area (Å²) in [6.07, 6.45) is 4.91. The molecule has 0 radical (unpaired) electrons. The Hall–Kier alpha value is -5.30. The van der Waals surface area contributed by atoms with Gasteiger partial charge in [-0.1, -0.05) is 19.1 Å². The SMILES string of the molecule is COc1cc2c(Oc3ccc(NC(=O)c4nn(-c5ccccc5F)c(=O)n4C)cc3F)ccnc2cc1OCCCN1CCC(C)CC1. The van der Waals surface area contributed by atoms with E-state index in [1.54, 1.807) is 37.6 Å². The third kappa shape index (κ3) is 7.00. The van der Waals surface area contributed by atoms with Gasteiger partial charge in [0, 0.05) is 43.0 Å². The smallest absolute Gasteiger partial charge is 0.350 e. The van der Waals surface area contributed by atoms with Crippen LogP contribution in [-0.2, 0) is 7.05 Å². The zero-order valence-corrected chi connectivity index (χ0v) is 26.9. The fourth-order valence-corrected chi connectivity index (χ4v) is 5.63. The molecule has 13 heteroatoms. The summed E-state index contributed by atoms with van der Waals surface area (Å²) in [5, 5.41) is 7.11. The van der Waals surface area contributed by atoms with Gasteiger partial charge < -0.3 is 24.4 Å². The van der Waals surface area contributed by atoms with Gasteiger partial charge >= 0.3 is 5.69 Å². The van der Waals surface area contributed by atoms with E-state index in [0.717, 1.165) is 47.3 Å². The van der Waals surface area contributed by atoms with Gasteiger partial charge in [0.1, 0.15) is 17.3 Å². The van der Waals surface area contributed by atoms with Crippen molar-refractivity contribution < 1.29 is 27.8 Å². The van der Waals surface area contributed by atoms with Crippen LogP contribution in [0.2, 0.25) is 0 Å². The third-order valence-corrected chi connectivity index (χ3v) is 8.41. The maximum absolute atomic E-state index is 15.3. The molecular weight excluding hydrogens is 622 g/mol. The lowest BCUT2D eigenvalue weighted by Crippen LogP contribution is -2.34. The maximum atomic E-state index is 15.3. The van der Waals surface area contributed by atoms with E-state index >= 15 is 4.39 Å². The molecule has 3 heterocycles. The molecule has 1 amide bonds. The second-order valence-electron chi connectivity index (χ2n) is 11.8. The van der Waals surface area contributed by atoms with Gasteiger partial charge in [-0.05, 0) is 74.7 Å². The van der Waals surface area contributed by atoms with Gasteiger partial charge in [0.25, 0.3) is 5.91 Å². The van der Waals surface area contributed by atoms with Crippen molar-refractivity contribution in [3.05, 3.63) is 94.8 Å². The Morgan fingerprint density at radius 3 is 2.52 bits per heavy atom. The van der Waals surface area contributed by atoms with E-state index < -0.39 is 23.2 Å². The minimum absolute atomic E-state index is 0.0932. The van der Waals surface area contributed by atoms with Crippen LogP contribution in [0.15, 0.2) is 71.7 Å². The molecule has 2 aromatic heterocycles. The molecule has 0 bridgehead atoms. The molecular formula is C35H36F2N6O5. The predicted octanol–water partition coefficient (Wildman–Crippen LogP) is 5.95. The van der Waals surface area contributed by atoms with E-state index in [0.29, 0.717) is 34.8 Å². The first kappa shape index (κ1) is 32.6. The highest BCUT2D eigenvalue weighted by Crippen LogP contribution is 2.38. The standard InChI is InChI=1S/C35H36F2N6O5/c1-22-12-16-42(17-13-22)15-6-18-47-32-21-27-24(20-31(32)46-3)29(11-14-38-27)48-30-10-9-23(19-26(30)37)39-34(44)33-40-43(35(45)41(33)2)28-8-5-4-7-25(28)36/h4-5,7-11,14,19-22H,6,12-13,15-18H2,1-3H3,(H,39,44). The molecule has 11 nitrogen and oxygen atoms in total. The minimum atomic E-state index is -0.788. The number of aromatic nitrogens is 4. The number of carbonyl (C=O) groups excluding carboxylic acids is 1. The monoisotopic (exact) mass is 658 g/mol. The number of anilines is 1. The average molecular weight is 659 g/mol. The zero-order chi connectivity index (χ0) is 33.8. The molecule has 1 fully saturated rings. The van der Waals surface area contributed by atoms with E-state index in [1.807, 2.05) is 0 Å². The van der Waals surface area contributed by atoms with Crippen molar-refractivity contribution in [1.29, 1.82) is 0 Å². The van der Waals surface area contributed by atoms with Gasteiger partial charge in [0.15, 0.2) is 23.1 Å².